The molecule has 3 rings (SSSR count). The summed E-state index contributed by atoms with van der Waals surface area (Å²) in [5.74, 6) is 2.09. The Labute approximate surface area is 136 Å². The van der Waals surface area contributed by atoms with Gasteiger partial charge in [-0.25, -0.2) is 4.98 Å². The number of aryl methyl sites for hydroxylation is 2. The molecule has 1 N–H and O–H groups in total. The SMILES string of the molecule is CCc1cccc(Cc2nc(C)nc(Nc3ccccc3)n2)c1. The molecular formula is C19H20N4. The van der Waals surface area contributed by atoms with E-state index >= 15 is 0 Å². The zero-order valence-electron chi connectivity index (χ0n) is 13.5. The van der Waals surface area contributed by atoms with Gasteiger partial charge in [0, 0.05) is 12.1 Å². The van der Waals surface area contributed by atoms with Crippen LogP contribution in [0, 0.1) is 6.92 Å². The van der Waals surface area contributed by atoms with Crippen LogP contribution in [0.15, 0.2) is 54.6 Å². The average Bonchev–Trinajstić information content (AvgIpc) is 2.55. The van der Waals surface area contributed by atoms with Crippen LogP contribution >= 0.6 is 0 Å². The fourth-order valence-corrected chi connectivity index (χ4v) is 2.46. The van der Waals surface area contributed by atoms with Crippen LogP contribution in [0.25, 0.3) is 0 Å². The molecule has 0 saturated heterocycles. The van der Waals surface area contributed by atoms with Gasteiger partial charge in [0.05, 0.1) is 0 Å². The number of nitrogens with one attached hydrogen (secondary N) is 1. The van der Waals surface area contributed by atoms with Crippen LogP contribution in [-0.4, -0.2) is 15.0 Å². The molecule has 2 aromatic carbocycles. The summed E-state index contributed by atoms with van der Waals surface area (Å²) in [5, 5.41) is 3.23. The third-order valence-electron chi connectivity index (χ3n) is 3.59. The van der Waals surface area contributed by atoms with Gasteiger partial charge in [-0.05, 0) is 36.6 Å². The maximum Gasteiger partial charge on any atom is 0.230 e. The fourth-order valence-electron chi connectivity index (χ4n) is 2.46. The van der Waals surface area contributed by atoms with Gasteiger partial charge in [0.1, 0.15) is 11.6 Å². The highest BCUT2D eigenvalue weighted by atomic mass is 15.2. The molecule has 1 aromatic heterocycles. The van der Waals surface area contributed by atoms with Crippen molar-refractivity contribution in [2.24, 2.45) is 0 Å². The molecule has 0 aliphatic rings. The molecule has 23 heavy (non-hydrogen) atoms. The van der Waals surface area contributed by atoms with E-state index < -0.39 is 0 Å². The monoisotopic (exact) mass is 304 g/mol. The topological polar surface area (TPSA) is 50.7 Å². The number of hydrogen-bond acceptors (Lipinski definition) is 4. The first-order valence-electron chi connectivity index (χ1n) is 7.84. The van der Waals surface area contributed by atoms with Gasteiger partial charge in [0.25, 0.3) is 0 Å². The van der Waals surface area contributed by atoms with Crippen LogP contribution in [0.4, 0.5) is 11.6 Å². The molecule has 4 heteroatoms. The highest BCUT2D eigenvalue weighted by Gasteiger charge is 2.06. The Morgan fingerprint density at radius 1 is 0.870 bits per heavy atom. The van der Waals surface area contributed by atoms with E-state index in [0.717, 1.165) is 23.8 Å². The minimum absolute atomic E-state index is 0.588. The van der Waals surface area contributed by atoms with E-state index in [9.17, 15) is 0 Å². The van der Waals surface area contributed by atoms with Crippen molar-refractivity contribution in [1.82, 2.24) is 15.0 Å². The molecule has 0 unspecified atom stereocenters. The molecule has 0 spiro atoms. The summed E-state index contributed by atoms with van der Waals surface area (Å²) < 4.78 is 0. The summed E-state index contributed by atoms with van der Waals surface area (Å²) in [7, 11) is 0. The van der Waals surface area contributed by atoms with Crippen molar-refractivity contribution in [3.8, 4) is 0 Å². The van der Waals surface area contributed by atoms with Crippen molar-refractivity contribution >= 4 is 11.6 Å². The largest absolute Gasteiger partial charge is 0.324 e. The summed E-state index contributed by atoms with van der Waals surface area (Å²) in [6.45, 7) is 4.05. The first-order valence-corrected chi connectivity index (χ1v) is 7.84. The third kappa shape index (κ3) is 4.13. The summed E-state index contributed by atoms with van der Waals surface area (Å²) in [6, 6.07) is 18.5. The van der Waals surface area contributed by atoms with E-state index in [1.165, 1.54) is 11.1 Å². The number of hydrogen-bond donors (Lipinski definition) is 1. The molecule has 0 fully saturated rings. The van der Waals surface area contributed by atoms with Crippen LogP contribution in [0.3, 0.4) is 0 Å². The Balaban J connectivity index is 1.82. The Kier molecular flexibility index (Phi) is 4.62. The van der Waals surface area contributed by atoms with Crippen molar-refractivity contribution in [2.45, 2.75) is 26.7 Å². The molecule has 116 valence electrons. The van der Waals surface area contributed by atoms with E-state index in [-0.39, 0.29) is 0 Å². The lowest BCUT2D eigenvalue weighted by Gasteiger charge is -2.08. The Morgan fingerprint density at radius 3 is 2.43 bits per heavy atom. The van der Waals surface area contributed by atoms with Crippen LogP contribution in [0.2, 0.25) is 0 Å². The van der Waals surface area contributed by atoms with Crippen LogP contribution < -0.4 is 5.32 Å². The zero-order chi connectivity index (χ0) is 16.1. The number of benzene rings is 2. The third-order valence-corrected chi connectivity index (χ3v) is 3.59. The standard InChI is InChI=1S/C19H20N4/c1-3-15-8-7-9-16(12-15)13-18-20-14(2)21-19(23-18)22-17-10-5-4-6-11-17/h4-12H,3,13H2,1-2H3,(H,20,21,22,23). The number of rotatable bonds is 5. The first kappa shape index (κ1) is 15.2. The second kappa shape index (κ2) is 7.01. The van der Waals surface area contributed by atoms with Crippen molar-refractivity contribution in [2.75, 3.05) is 5.32 Å². The lowest BCUT2D eigenvalue weighted by atomic mass is 10.1. The minimum atomic E-state index is 0.588. The molecular weight excluding hydrogens is 284 g/mol. The van der Waals surface area contributed by atoms with E-state index in [1.807, 2.05) is 37.3 Å². The van der Waals surface area contributed by atoms with Gasteiger partial charge in [0.15, 0.2) is 0 Å². The normalized spacial score (nSPS) is 10.5. The number of nitrogens with zero attached hydrogens (tertiary/aromatic N) is 3. The van der Waals surface area contributed by atoms with E-state index in [4.69, 9.17) is 0 Å². The van der Waals surface area contributed by atoms with Gasteiger partial charge in [-0.2, -0.15) is 9.97 Å². The Bertz CT molecular complexity index is 784. The molecule has 0 radical (unpaired) electrons. The zero-order valence-corrected chi connectivity index (χ0v) is 13.5. The van der Waals surface area contributed by atoms with Gasteiger partial charge < -0.3 is 5.32 Å². The van der Waals surface area contributed by atoms with Crippen molar-refractivity contribution < 1.29 is 0 Å². The average molecular weight is 304 g/mol. The highest BCUT2D eigenvalue weighted by molar-refractivity contribution is 5.52. The molecule has 0 atom stereocenters. The molecule has 0 aliphatic carbocycles. The van der Waals surface area contributed by atoms with Crippen molar-refractivity contribution in [3.05, 3.63) is 77.4 Å². The maximum absolute atomic E-state index is 4.55. The molecule has 1 heterocycles. The summed E-state index contributed by atoms with van der Waals surface area (Å²) >= 11 is 0. The van der Waals surface area contributed by atoms with E-state index in [0.29, 0.717) is 12.4 Å². The van der Waals surface area contributed by atoms with Gasteiger partial charge in [-0.15, -0.1) is 0 Å². The number of aromatic nitrogens is 3. The molecule has 0 saturated carbocycles. The second-order valence-corrected chi connectivity index (χ2v) is 5.46. The van der Waals surface area contributed by atoms with Gasteiger partial charge in [0.2, 0.25) is 5.95 Å². The Morgan fingerprint density at radius 2 is 1.65 bits per heavy atom. The minimum Gasteiger partial charge on any atom is -0.324 e. The van der Waals surface area contributed by atoms with Crippen molar-refractivity contribution in [3.63, 3.8) is 0 Å². The highest BCUT2D eigenvalue weighted by Crippen LogP contribution is 2.14. The van der Waals surface area contributed by atoms with E-state index in [2.05, 4.69) is 51.5 Å². The lowest BCUT2D eigenvalue weighted by Crippen LogP contribution is -2.06. The predicted octanol–water partition coefficient (Wildman–Crippen LogP) is 4.08. The summed E-state index contributed by atoms with van der Waals surface area (Å²) in [6.07, 6.45) is 1.74. The van der Waals surface area contributed by atoms with Gasteiger partial charge in [-0.3, -0.25) is 0 Å². The predicted molar refractivity (Wildman–Crippen MR) is 92.9 cm³/mol. The number of para-hydroxylation sites is 1. The maximum atomic E-state index is 4.55. The summed E-state index contributed by atoms with van der Waals surface area (Å²) in [4.78, 5) is 13.4. The molecule has 0 aliphatic heterocycles. The molecule has 0 amide bonds. The fraction of sp³-hybridized carbons (Fsp3) is 0.211. The summed E-state index contributed by atoms with van der Waals surface area (Å²) in [5.41, 5.74) is 3.52. The van der Waals surface area contributed by atoms with Crippen molar-refractivity contribution in [1.29, 1.82) is 0 Å². The van der Waals surface area contributed by atoms with Crippen LogP contribution in [0.1, 0.15) is 29.7 Å². The first-order chi connectivity index (χ1) is 11.2. The van der Waals surface area contributed by atoms with Crippen LogP contribution in [-0.2, 0) is 12.8 Å². The van der Waals surface area contributed by atoms with Gasteiger partial charge in [-0.1, -0.05) is 49.4 Å². The molecule has 0 bridgehead atoms. The quantitative estimate of drug-likeness (QED) is 0.771. The number of anilines is 2. The molecule has 3 aromatic rings. The molecule has 4 nitrogen and oxygen atoms in total. The second-order valence-electron chi connectivity index (χ2n) is 5.46. The van der Waals surface area contributed by atoms with Gasteiger partial charge >= 0.3 is 0 Å². The lowest BCUT2D eigenvalue weighted by molar-refractivity contribution is 0.885. The smallest absolute Gasteiger partial charge is 0.230 e. The van der Waals surface area contributed by atoms with Crippen LogP contribution in [0.5, 0.6) is 0 Å². The van der Waals surface area contributed by atoms with E-state index in [1.54, 1.807) is 0 Å². The Hall–Kier alpha value is -2.75.